The number of hydrogen-bond donors (Lipinski definition) is 2. The first-order valence-electron chi connectivity index (χ1n) is 9.65. The molecule has 0 saturated heterocycles. The zero-order valence-electron chi connectivity index (χ0n) is 17.3. The molecule has 1 atom stereocenters. The lowest BCUT2D eigenvalue weighted by molar-refractivity contribution is 0.0571. The number of nitrogens with one attached hydrogen (secondary N) is 1. The number of amides is 2. The average molecular weight is 412 g/mol. The second kappa shape index (κ2) is 9.64. The Hall–Kier alpha value is -3.04. The molecule has 1 aliphatic rings. The molecule has 0 bridgehead atoms. The topological polar surface area (TPSA) is 97.3 Å². The summed E-state index contributed by atoms with van der Waals surface area (Å²) in [7, 11) is 5.10. The molecule has 1 aliphatic heterocycles. The maximum atomic E-state index is 13.1. The number of carbonyl (C=O) groups is 2. The van der Waals surface area contributed by atoms with E-state index in [1.54, 1.807) is 38.5 Å². The molecule has 2 N–H and O–H groups in total. The molecular formula is C21H25BN2O6. The van der Waals surface area contributed by atoms with Gasteiger partial charge in [0.1, 0.15) is 5.75 Å². The van der Waals surface area contributed by atoms with Crippen molar-refractivity contribution in [1.29, 1.82) is 0 Å². The van der Waals surface area contributed by atoms with Crippen LogP contribution in [0.1, 0.15) is 45.2 Å². The van der Waals surface area contributed by atoms with Crippen molar-refractivity contribution in [3.8, 4) is 17.2 Å². The molecule has 8 nitrogen and oxygen atoms in total. The quantitative estimate of drug-likeness (QED) is 0.350. The summed E-state index contributed by atoms with van der Waals surface area (Å²) in [5.41, 5.74) is 1.00. The van der Waals surface area contributed by atoms with E-state index in [9.17, 15) is 14.7 Å². The van der Waals surface area contributed by atoms with E-state index in [0.717, 1.165) is 5.56 Å². The summed E-state index contributed by atoms with van der Waals surface area (Å²) in [6, 6.07) is 9.34. The van der Waals surface area contributed by atoms with Crippen molar-refractivity contribution in [2.75, 3.05) is 27.9 Å². The highest BCUT2D eigenvalue weighted by Crippen LogP contribution is 2.39. The maximum absolute atomic E-state index is 13.1. The Kier molecular flexibility index (Phi) is 6.97. The second-order valence-electron chi connectivity index (χ2n) is 6.89. The van der Waals surface area contributed by atoms with Crippen molar-refractivity contribution >= 4 is 19.4 Å². The van der Waals surface area contributed by atoms with Crippen molar-refractivity contribution in [2.45, 2.75) is 18.9 Å². The summed E-state index contributed by atoms with van der Waals surface area (Å²) in [5, 5.41) is 13.3. The molecule has 0 fully saturated rings. The van der Waals surface area contributed by atoms with E-state index in [-0.39, 0.29) is 16.9 Å². The van der Waals surface area contributed by atoms with Crippen molar-refractivity contribution in [2.24, 2.45) is 0 Å². The molecule has 2 aromatic carbocycles. The molecule has 30 heavy (non-hydrogen) atoms. The molecule has 2 aromatic rings. The highest BCUT2D eigenvalue weighted by atomic mass is 16.5. The van der Waals surface area contributed by atoms with Gasteiger partial charge >= 0.3 is 7.62 Å². The number of rotatable bonds is 10. The fraction of sp³-hybridized carbons (Fsp3) is 0.333. The van der Waals surface area contributed by atoms with Crippen LogP contribution in [0.25, 0.3) is 0 Å². The Bertz CT molecular complexity index is 936. The van der Waals surface area contributed by atoms with Crippen LogP contribution in [0.4, 0.5) is 0 Å². The van der Waals surface area contributed by atoms with Gasteiger partial charge in [-0.05, 0) is 49.2 Å². The van der Waals surface area contributed by atoms with Gasteiger partial charge in [0, 0.05) is 7.11 Å². The van der Waals surface area contributed by atoms with E-state index in [4.69, 9.17) is 14.1 Å². The molecule has 3 rings (SSSR count). The minimum atomic E-state index is -0.527. The first-order chi connectivity index (χ1) is 14.5. The molecule has 0 unspecified atom stereocenters. The largest absolute Gasteiger partial charge is 0.507 e. The molecule has 0 aromatic heterocycles. The van der Waals surface area contributed by atoms with Gasteiger partial charge in [-0.2, -0.15) is 0 Å². The number of aromatic hydroxyl groups is 1. The van der Waals surface area contributed by atoms with Crippen LogP contribution in [0.3, 0.4) is 0 Å². The smallest absolute Gasteiger partial charge is 0.360 e. The van der Waals surface area contributed by atoms with E-state index in [1.807, 2.05) is 6.07 Å². The number of hydrogen-bond acceptors (Lipinski definition) is 7. The van der Waals surface area contributed by atoms with Crippen molar-refractivity contribution in [3.63, 3.8) is 0 Å². The van der Waals surface area contributed by atoms with Crippen LogP contribution in [0.15, 0.2) is 36.4 Å². The lowest BCUT2D eigenvalue weighted by atomic mass is 9.99. The Balaban J connectivity index is 1.95. The monoisotopic (exact) mass is 412 g/mol. The van der Waals surface area contributed by atoms with E-state index >= 15 is 0 Å². The van der Waals surface area contributed by atoms with Gasteiger partial charge in [-0.15, -0.1) is 0 Å². The van der Waals surface area contributed by atoms with Gasteiger partial charge < -0.3 is 24.5 Å². The van der Waals surface area contributed by atoms with Gasteiger partial charge in [-0.3, -0.25) is 14.5 Å². The Morgan fingerprint density at radius 1 is 1.07 bits per heavy atom. The van der Waals surface area contributed by atoms with Gasteiger partial charge in [0.05, 0.1) is 31.4 Å². The number of phenolic OH excluding ortho intramolecular Hbond substituents is 1. The first-order valence-corrected chi connectivity index (χ1v) is 9.65. The van der Waals surface area contributed by atoms with Crippen LogP contribution in [-0.2, 0) is 4.65 Å². The van der Waals surface area contributed by atoms with Gasteiger partial charge in [0.2, 0.25) is 0 Å². The average Bonchev–Trinajstić information content (AvgIpc) is 3.01. The van der Waals surface area contributed by atoms with Crippen LogP contribution in [0.2, 0.25) is 0 Å². The highest BCUT2D eigenvalue weighted by molar-refractivity contribution is 6.23. The minimum Gasteiger partial charge on any atom is -0.507 e. The van der Waals surface area contributed by atoms with Crippen molar-refractivity contribution in [3.05, 3.63) is 53.1 Å². The highest BCUT2D eigenvalue weighted by Gasteiger charge is 2.42. The fourth-order valence-electron chi connectivity index (χ4n) is 3.67. The van der Waals surface area contributed by atoms with Crippen LogP contribution >= 0.6 is 0 Å². The Morgan fingerprint density at radius 2 is 1.83 bits per heavy atom. The number of imide groups is 1. The van der Waals surface area contributed by atoms with E-state index in [0.29, 0.717) is 38.5 Å². The third-order valence-corrected chi connectivity index (χ3v) is 5.11. The van der Waals surface area contributed by atoms with Crippen LogP contribution in [0.5, 0.6) is 17.2 Å². The number of carbonyl (C=O) groups excluding carboxylic acids is 2. The first kappa shape index (κ1) is 21.7. The van der Waals surface area contributed by atoms with Crippen molar-refractivity contribution in [1.82, 2.24) is 10.1 Å². The molecule has 9 heteroatoms. The molecule has 2 amide bonds. The Morgan fingerprint density at radius 3 is 2.50 bits per heavy atom. The van der Waals surface area contributed by atoms with E-state index in [1.165, 1.54) is 18.1 Å². The zero-order chi connectivity index (χ0) is 21.7. The Labute approximate surface area is 176 Å². The number of phenols is 1. The van der Waals surface area contributed by atoms with Crippen LogP contribution in [-0.4, -0.2) is 57.3 Å². The van der Waals surface area contributed by atoms with E-state index in [2.05, 4.69) is 5.23 Å². The zero-order valence-corrected chi connectivity index (χ0v) is 17.3. The van der Waals surface area contributed by atoms with E-state index < -0.39 is 17.9 Å². The van der Waals surface area contributed by atoms with Gasteiger partial charge in [0.15, 0.2) is 11.5 Å². The molecule has 1 heterocycles. The molecule has 0 radical (unpaired) electrons. The lowest BCUT2D eigenvalue weighted by Crippen LogP contribution is -2.35. The molecule has 0 saturated carbocycles. The van der Waals surface area contributed by atoms with Gasteiger partial charge in [-0.25, -0.2) is 0 Å². The predicted octanol–water partition coefficient (Wildman–Crippen LogP) is 2.03. The number of fused-ring (bicyclic) bond motifs is 1. The summed E-state index contributed by atoms with van der Waals surface area (Å²) in [6.45, 7) is 0.659. The molecule has 0 spiro atoms. The number of methoxy groups -OCH3 is 2. The SMILES string of the molecule is COBNCCC[C@H](c1ccc(OC)c(OC)c1)N1C(=O)c2cccc(O)c2C1=O. The second-order valence-corrected chi connectivity index (χ2v) is 6.89. The van der Waals surface area contributed by atoms with Gasteiger partial charge in [0.25, 0.3) is 11.8 Å². The maximum Gasteiger partial charge on any atom is 0.360 e. The summed E-state index contributed by atoms with van der Waals surface area (Å²) >= 11 is 0. The number of ether oxygens (including phenoxy) is 2. The van der Waals surface area contributed by atoms with Crippen molar-refractivity contribution < 1.29 is 28.8 Å². The summed E-state index contributed by atoms with van der Waals surface area (Å²) < 4.78 is 15.7. The lowest BCUT2D eigenvalue weighted by Gasteiger charge is -2.27. The normalized spacial score (nSPS) is 13.9. The summed E-state index contributed by atoms with van der Waals surface area (Å²) in [5.74, 6) is -0.0480. The molecule has 158 valence electrons. The standard InChI is InChI=1S/C21H25BN2O6/c1-28-17-10-9-13(12-18(17)29-2)15(7-5-11-23-22-30-3)24-20(26)14-6-4-8-16(25)19(14)21(24)27/h4,6,8-10,12,15,22-23,25H,5,7,11H2,1-3H3/t15-/m1/s1. The van der Waals surface area contributed by atoms with Crippen LogP contribution in [0, 0.1) is 0 Å². The predicted molar refractivity (Wildman–Crippen MR) is 112 cm³/mol. The fourth-order valence-corrected chi connectivity index (χ4v) is 3.67. The summed E-state index contributed by atoms with van der Waals surface area (Å²) in [4.78, 5) is 27.4. The third kappa shape index (κ3) is 4.12. The minimum absolute atomic E-state index is 0.0467. The van der Waals surface area contributed by atoms with Crippen LogP contribution < -0.4 is 14.7 Å². The molecular weight excluding hydrogens is 387 g/mol. The molecule has 0 aliphatic carbocycles. The third-order valence-electron chi connectivity index (χ3n) is 5.11. The number of benzene rings is 2. The number of nitrogens with zero attached hydrogens (tertiary/aromatic N) is 1. The van der Waals surface area contributed by atoms with Gasteiger partial charge in [-0.1, -0.05) is 12.1 Å². The summed E-state index contributed by atoms with van der Waals surface area (Å²) in [6.07, 6.45) is 1.22.